The molecule has 1 aromatic rings. The Morgan fingerprint density at radius 3 is 2.73 bits per heavy atom. The van der Waals surface area contributed by atoms with Crippen LogP contribution in [0.25, 0.3) is 0 Å². The van der Waals surface area contributed by atoms with Gasteiger partial charge in [0.2, 0.25) is 0 Å². The highest BCUT2D eigenvalue weighted by Crippen LogP contribution is 2.28. The van der Waals surface area contributed by atoms with Gasteiger partial charge in [-0.3, -0.25) is 0 Å². The molecular formula is C8H10ClNS. The maximum Gasteiger partial charge on any atom is 0.0545 e. The smallest absolute Gasteiger partial charge is 0.0545 e. The van der Waals surface area contributed by atoms with Crippen molar-refractivity contribution in [2.24, 2.45) is 5.73 Å². The summed E-state index contributed by atoms with van der Waals surface area (Å²) >= 11 is 7.57. The van der Waals surface area contributed by atoms with Crippen LogP contribution >= 0.6 is 23.4 Å². The van der Waals surface area contributed by atoms with Crippen LogP contribution < -0.4 is 5.73 Å². The molecular weight excluding hydrogens is 178 g/mol. The molecule has 0 heterocycles. The molecule has 0 spiro atoms. The quantitative estimate of drug-likeness (QED) is 0.721. The van der Waals surface area contributed by atoms with Crippen molar-refractivity contribution in [1.29, 1.82) is 0 Å². The predicted molar refractivity (Wildman–Crippen MR) is 51.1 cm³/mol. The molecule has 0 bridgehead atoms. The average molecular weight is 188 g/mol. The van der Waals surface area contributed by atoms with Crippen LogP contribution in [0, 0.1) is 0 Å². The summed E-state index contributed by atoms with van der Waals surface area (Å²) < 4.78 is 0. The van der Waals surface area contributed by atoms with Gasteiger partial charge in [-0.2, -0.15) is 0 Å². The SMILES string of the molecule is CSc1c(Cl)cccc1CN. The largest absolute Gasteiger partial charge is 0.326 e. The van der Waals surface area contributed by atoms with Crippen LogP contribution in [0.2, 0.25) is 5.02 Å². The molecule has 0 atom stereocenters. The zero-order valence-corrected chi connectivity index (χ0v) is 7.88. The molecule has 0 aliphatic carbocycles. The fraction of sp³-hybridized carbons (Fsp3) is 0.250. The highest BCUT2D eigenvalue weighted by atomic mass is 35.5. The van der Waals surface area contributed by atoms with Crippen molar-refractivity contribution < 1.29 is 0 Å². The van der Waals surface area contributed by atoms with Crippen molar-refractivity contribution in [2.45, 2.75) is 11.4 Å². The highest BCUT2D eigenvalue weighted by molar-refractivity contribution is 7.98. The van der Waals surface area contributed by atoms with Gasteiger partial charge in [0.25, 0.3) is 0 Å². The Labute approximate surface area is 75.9 Å². The number of thioether (sulfide) groups is 1. The molecule has 0 unspecified atom stereocenters. The highest BCUT2D eigenvalue weighted by Gasteiger charge is 2.02. The third-order valence-electron chi connectivity index (χ3n) is 1.47. The summed E-state index contributed by atoms with van der Waals surface area (Å²) in [6, 6.07) is 5.80. The maximum atomic E-state index is 5.93. The lowest BCUT2D eigenvalue weighted by Gasteiger charge is -2.05. The van der Waals surface area contributed by atoms with E-state index in [2.05, 4.69) is 0 Å². The van der Waals surface area contributed by atoms with Crippen LogP contribution in [-0.2, 0) is 6.54 Å². The first-order valence-corrected chi connectivity index (χ1v) is 4.91. The van der Waals surface area contributed by atoms with Gasteiger partial charge in [-0.1, -0.05) is 23.7 Å². The van der Waals surface area contributed by atoms with Crippen molar-refractivity contribution in [3.63, 3.8) is 0 Å². The van der Waals surface area contributed by atoms with Crippen LogP contribution in [0.4, 0.5) is 0 Å². The Hall–Kier alpha value is -0.180. The van der Waals surface area contributed by atoms with E-state index in [0.717, 1.165) is 15.5 Å². The molecule has 2 N–H and O–H groups in total. The van der Waals surface area contributed by atoms with Gasteiger partial charge in [0, 0.05) is 11.4 Å². The molecule has 1 aromatic carbocycles. The second kappa shape index (κ2) is 4.00. The topological polar surface area (TPSA) is 26.0 Å². The van der Waals surface area contributed by atoms with Gasteiger partial charge in [0.05, 0.1) is 5.02 Å². The number of nitrogens with two attached hydrogens (primary N) is 1. The van der Waals surface area contributed by atoms with E-state index >= 15 is 0 Å². The molecule has 0 radical (unpaired) electrons. The van der Waals surface area contributed by atoms with E-state index in [1.165, 1.54) is 0 Å². The second-order valence-electron chi connectivity index (χ2n) is 2.14. The van der Waals surface area contributed by atoms with Gasteiger partial charge in [-0.15, -0.1) is 11.8 Å². The van der Waals surface area contributed by atoms with Gasteiger partial charge in [0.15, 0.2) is 0 Å². The molecule has 0 aromatic heterocycles. The Balaban J connectivity index is 3.13. The summed E-state index contributed by atoms with van der Waals surface area (Å²) in [5, 5.41) is 0.792. The normalized spacial score (nSPS) is 10.1. The molecule has 0 fully saturated rings. The molecule has 60 valence electrons. The summed E-state index contributed by atoms with van der Waals surface area (Å²) in [6.45, 7) is 0.552. The van der Waals surface area contributed by atoms with E-state index in [1.54, 1.807) is 11.8 Å². The van der Waals surface area contributed by atoms with Crippen molar-refractivity contribution in [3.8, 4) is 0 Å². The van der Waals surface area contributed by atoms with Crippen molar-refractivity contribution in [1.82, 2.24) is 0 Å². The molecule has 0 aliphatic heterocycles. The number of hydrogen-bond acceptors (Lipinski definition) is 2. The van der Waals surface area contributed by atoms with Crippen molar-refractivity contribution in [2.75, 3.05) is 6.26 Å². The van der Waals surface area contributed by atoms with Gasteiger partial charge < -0.3 is 5.73 Å². The zero-order chi connectivity index (χ0) is 8.27. The number of rotatable bonds is 2. The Bertz CT molecular complexity index is 250. The molecule has 0 aliphatic rings. The minimum Gasteiger partial charge on any atom is -0.326 e. The van der Waals surface area contributed by atoms with Crippen LogP contribution in [-0.4, -0.2) is 6.26 Å². The summed E-state index contributed by atoms with van der Waals surface area (Å²) in [5.41, 5.74) is 6.64. The fourth-order valence-electron chi connectivity index (χ4n) is 0.943. The summed E-state index contributed by atoms with van der Waals surface area (Å²) in [4.78, 5) is 1.09. The van der Waals surface area contributed by atoms with Crippen LogP contribution in [0.15, 0.2) is 23.1 Å². The molecule has 0 saturated heterocycles. The molecule has 0 amide bonds. The molecule has 3 heteroatoms. The van der Waals surface area contributed by atoms with E-state index < -0.39 is 0 Å². The molecule has 0 saturated carbocycles. The third kappa shape index (κ3) is 1.89. The summed E-state index contributed by atoms with van der Waals surface area (Å²) in [6.07, 6.45) is 2.00. The van der Waals surface area contributed by atoms with Gasteiger partial charge in [-0.25, -0.2) is 0 Å². The lowest BCUT2D eigenvalue weighted by atomic mass is 10.2. The van der Waals surface area contributed by atoms with Crippen LogP contribution in [0.1, 0.15) is 5.56 Å². The zero-order valence-electron chi connectivity index (χ0n) is 6.30. The molecule has 11 heavy (non-hydrogen) atoms. The maximum absolute atomic E-state index is 5.93. The second-order valence-corrected chi connectivity index (χ2v) is 3.36. The fourth-order valence-corrected chi connectivity index (χ4v) is 2.05. The minimum atomic E-state index is 0.552. The number of benzene rings is 1. The predicted octanol–water partition coefficient (Wildman–Crippen LogP) is 2.52. The first-order valence-electron chi connectivity index (χ1n) is 3.31. The first kappa shape index (κ1) is 8.91. The lowest BCUT2D eigenvalue weighted by molar-refractivity contribution is 1.03. The molecule has 1 rings (SSSR count). The van der Waals surface area contributed by atoms with E-state index in [0.29, 0.717) is 6.54 Å². The molecule has 1 nitrogen and oxygen atoms in total. The average Bonchev–Trinajstić information content (AvgIpc) is 2.04. The summed E-state index contributed by atoms with van der Waals surface area (Å²) in [7, 11) is 0. The third-order valence-corrected chi connectivity index (χ3v) is 2.79. The standard InChI is InChI=1S/C8H10ClNS/c1-11-8-6(5-10)3-2-4-7(8)9/h2-4H,5,10H2,1H3. The van der Waals surface area contributed by atoms with Gasteiger partial charge >= 0.3 is 0 Å². The van der Waals surface area contributed by atoms with E-state index in [9.17, 15) is 0 Å². The van der Waals surface area contributed by atoms with E-state index in [-0.39, 0.29) is 0 Å². The van der Waals surface area contributed by atoms with Crippen LogP contribution in [0.3, 0.4) is 0 Å². The van der Waals surface area contributed by atoms with Crippen LogP contribution in [0.5, 0.6) is 0 Å². The van der Waals surface area contributed by atoms with Gasteiger partial charge in [-0.05, 0) is 17.9 Å². The Kier molecular flexibility index (Phi) is 3.24. The number of hydrogen-bond donors (Lipinski definition) is 1. The van der Waals surface area contributed by atoms with Crippen molar-refractivity contribution >= 4 is 23.4 Å². The first-order chi connectivity index (χ1) is 5.29. The summed E-state index contributed by atoms with van der Waals surface area (Å²) in [5.74, 6) is 0. The Morgan fingerprint density at radius 1 is 1.55 bits per heavy atom. The number of halogens is 1. The van der Waals surface area contributed by atoms with Crippen molar-refractivity contribution in [3.05, 3.63) is 28.8 Å². The van der Waals surface area contributed by atoms with Gasteiger partial charge in [0.1, 0.15) is 0 Å². The Morgan fingerprint density at radius 2 is 2.27 bits per heavy atom. The lowest BCUT2D eigenvalue weighted by Crippen LogP contribution is -1.97. The monoisotopic (exact) mass is 187 g/mol. The van der Waals surface area contributed by atoms with E-state index in [1.807, 2.05) is 24.5 Å². The van der Waals surface area contributed by atoms with E-state index in [4.69, 9.17) is 17.3 Å². The minimum absolute atomic E-state index is 0.552.